The van der Waals surface area contributed by atoms with Crippen LogP contribution < -0.4 is 0 Å². The predicted octanol–water partition coefficient (Wildman–Crippen LogP) is 11.5. The fourth-order valence-corrected chi connectivity index (χ4v) is 8.34. The number of rotatable bonds is 4. The highest BCUT2D eigenvalue weighted by Gasteiger charge is 2.51. The summed E-state index contributed by atoms with van der Waals surface area (Å²) in [6.45, 7) is 0. The molecular weight excluding hydrogens is 630 g/mol. The lowest BCUT2D eigenvalue weighted by atomic mass is 9.70. The zero-order valence-electron chi connectivity index (χ0n) is 26.9. The van der Waals surface area contributed by atoms with Crippen LogP contribution in [0.4, 0.5) is 0 Å². The first-order valence-electron chi connectivity index (χ1n) is 16.8. The highest BCUT2D eigenvalue weighted by Crippen LogP contribution is 2.62. The molecule has 0 unspecified atom stereocenters. The monoisotopic (exact) mass is 657 g/mol. The van der Waals surface area contributed by atoms with Crippen LogP contribution in [0.25, 0.3) is 67.5 Å². The van der Waals surface area contributed by atoms with Crippen molar-refractivity contribution in [3.05, 3.63) is 197 Å². The molecule has 0 saturated heterocycles. The third kappa shape index (κ3) is 4.27. The number of aromatic nitrogens is 3. The highest BCUT2D eigenvalue weighted by molar-refractivity contribution is 6.31. The van der Waals surface area contributed by atoms with E-state index in [0.29, 0.717) is 22.5 Å². The second-order valence-corrected chi connectivity index (χ2v) is 13.4. The smallest absolute Gasteiger partial charge is 0.164 e. The van der Waals surface area contributed by atoms with Gasteiger partial charge in [0.05, 0.1) is 5.41 Å². The summed E-state index contributed by atoms with van der Waals surface area (Å²) in [5.74, 6) is 1.81. The molecular formula is C46H28ClN3. The van der Waals surface area contributed by atoms with Crippen LogP contribution in [-0.4, -0.2) is 15.0 Å². The molecule has 10 rings (SSSR count). The predicted molar refractivity (Wildman–Crippen MR) is 203 cm³/mol. The maximum Gasteiger partial charge on any atom is 0.164 e. The molecule has 4 heteroatoms. The number of hydrogen-bond acceptors (Lipinski definition) is 3. The van der Waals surface area contributed by atoms with Gasteiger partial charge in [-0.15, -0.1) is 0 Å². The molecule has 0 saturated carbocycles. The van der Waals surface area contributed by atoms with Crippen molar-refractivity contribution in [1.82, 2.24) is 15.0 Å². The molecule has 1 spiro atoms. The van der Waals surface area contributed by atoms with E-state index in [9.17, 15) is 0 Å². The van der Waals surface area contributed by atoms with Gasteiger partial charge in [0.1, 0.15) is 0 Å². The Kier molecular flexibility index (Phi) is 6.45. The lowest BCUT2D eigenvalue weighted by molar-refractivity contribution is 0.794. The van der Waals surface area contributed by atoms with E-state index in [-0.39, 0.29) is 5.41 Å². The molecule has 2 aliphatic rings. The summed E-state index contributed by atoms with van der Waals surface area (Å²) in [6.07, 6.45) is 0. The number of fused-ring (bicyclic) bond motifs is 10. The molecule has 8 aromatic rings. The van der Waals surface area contributed by atoms with Crippen molar-refractivity contribution in [2.45, 2.75) is 5.41 Å². The van der Waals surface area contributed by atoms with Crippen molar-refractivity contribution >= 4 is 11.6 Å². The molecule has 1 heterocycles. The van der Waals surface area contributed by atoms with Crippen molar-refractivity contribution in [3.63, 3.8) is 0 Å². The van der Waals surface area contributed by atoms with E-state index in [1.165, 1.54) is 44.5 Å². The van der Waals surface area contributed by atoms with Gasteiger partial charge in [0.2, 0.25) is 0 Å². The first kappa shape index (κ1) is 28.8. The van der Waals surface area contributed by atoms with Gasteiger partial charge >= 0.3 is 0 Å². The van der Waals surface area contributed by atoms with E-state index in [2.05, 4.69) is 97.1 Å². The molecule has 1 aromatic heterocycles. The van der Waals surface area contributed by atoms with Crippen molar-refractivity contribution in [1.29, 1.82) is 0 Å². The van der Waals surface area contributed by atoms with Gasteiger partial charge in [-0.2, -0.15) is 0 Å². The summed E-state index contributed by atoms with van der Waals surface area (Å²) >= 11 is 6.90. The van der Waals surface area contributed by atoms with Gasteiger partial charge in [-0.05, 0) is 79.9 Å². The summed E-state index contributed by atoms with van der Waals surface area (Å²) in [4.78, 5) is 14.8. The Hall–Kier alpha value is -6.16. The summed E-state index contributed by atoms with van der Waals surface area (Å²) in [7, 11) is 0. The fraction of sp³-hybridized carbons (Fsp3) is 0.0217. The molecule has 234 valence electrons. The summed E-state index contributed by atoms with van der Waals surface area (Å²) < 4.78 is 0. The Bertz CT molecular complexity index is 2510. The third-order valence-electron chi connectivity index (χ3n) is 10.2. The first-order valence-corrected chi connectivity index (χ1v) is 17.2. The number of hydrogen-bond donors (Lipinski definition) is 0. The third-order valence-corrected chi connectivity index (χ3v) is 10.4. The Morgan fingerprint density at radius 1 is 0.320 bits per heavy atom. The van der Waals surface area contributed by atoms with Crippen LogP contribution in [-0.2, 0) is 5.41 Å². The Balaban J connectivity index is 1.15. The zero-order chi connectivity index (χ0) is 33.2. The second-order valence-electron chi connectivity index (χ2n) is 12.9. The van der Waals surface area contributed by atoms with Crippen molar-refractivity contribution < 1.29 is 0 Å². The van der Waals surface area contributed by atoms with Crippen LogP contribution >= 0.6 is 11.6 Å². The van der Waals surface area contributed by atoms with E-state index in [1.807, 2.05) is 72.8 Å². The van der Waals surface area contributed by atoms with Gasteiger partial charge in [0, 0.05) is 21.7 Å². The van der Waals surface area contributed by atoms with E-state index in [0.717, 1.165) is 27.8 Å². The average molecular weight is 658 g/mol. The topological polar surface area (TPSA) is 38.7 Å². The SMILES string of the molecule is Clc1cc(-c2ccc3c(c2)-c2ccccc2C32c3ccccc3-c3ccccc32)cc(-c2nc(-c3ccccc3)nc(-c3ccccc3)n2)c1. The molecule has 0 aliphatic heterocycles. The van der Waals surface area contributed by atoms with Gasteiger partial charge in [-0.25, -0.2) is 15.0 Å². The molecule has 0 atom stereocenters. The van der Waals surface area contributed by atoms with Gasteiger partial charge in [-0.1, -0.05) is 157 Å². The molecule has 3 nitrogen and oxygen atoms in total. The van der Waals surface area contributed by atoms with Gasteiger partial charge in [0.15, 0.2) is 17.5 Å². The Morgan fingerprint density at radius 3 is 1.28 bits per heavy atom. The minimum atomic E-state index is -0.371. The van der Waals surface area contributed by atoms with Crippen molar-refractivity contribution in [3.8, 4) is 67.5 Å². The molecule has 0 fully saturated rings. The molecule has 0 N–H and O–H groups in total. The Morgan fingerprint density at radius 2 is 0.740 bits per heavy atom. The average Bonchev–Trinajstić information content (AvgIpc) is 3.65. The number of halogens is 1. The summed E-state index contributed by atoms with van der Waals surface area (Å²) in [5, 5.41) is 0.622. The van der Waals surface area contributed by atoms with E-state index < -0.39 is 0 Å². The van der Waals surface area contributed by atoms with Gasteiger partial charge < -0.3 is 0 Å². The minimum absolute atomic E-state index is 0.371. The lowest BCUT2D eigenvalue weighted by Gasteiger charge is -2.30. The Labute approximate surface area is 295 Å². The first-order chi connectivity index (χ1) is 24.7. The van der Waals surface area contributed by atoms with Crippen molar-refractivity contribution in [2.24, 2.45) is 0 Å². The minimum Gasteiger partial charge on any atom is -0.208 e. The van der Waals surface area contributed by atoms with E-state index in [4.69, 9.17) is 26.6 Å². The largest absolute Gasteiger partial charge is 0.208 e. The zero-order valence-corrected chi connectivity index (χ0v) is 27.6. The molecule has 7 aromatic carbocycles. The molecule has 2 aliphatic carbocycles. The van der Waals surface area contributed by atoms with E-state index >= 15 is 0 Å². The molecule has 0 amide bonds. The normalized spacial score (nSPS) is 13.1. The van der Waals surface area contributed by atoms with E-state index in [1.54, 1.807) is 0 Å². The van der Waals surface area contributed by atoms with Crippen molar-refractivity contribution in [2.75, 3.05) is 0 Å². The summed E-state index contributed by atoms with van der Waals surface area (Å²) in [5.41, 5.74) is 14.8. The maximum absolute atomic E-state index is 6.90. The molecule has 0 radical (unpaired) electrons. The highest BCUT2D eigenvalue weighted by atomic mass is 35.5. The fourth-order valence-electron chi connectivity index (χ4n) is 8.10. The van der Waals surface area contributed by atoms with Gasteiger partial charge in [-0.3, -0.25) is 0 Å². The molecule has 50 heavy (non-hydrogen) atoms. The van der Waals surface area contributed by atoms with Gasteiger partial charge in [0.25, 0.3) is 0 Å². The number of nitrogens with zero attached hydrogens (tertiary/aromatic N) is 3. The molecule has 0 bridgehead atoms. The van der Waals surface area contributed by atoms with Crippen LogP contribution in [0.15, 0.2) is 170 Å². The standard InChI is InChI=1S/C46H28ClN3/c47-34-26-32(25-33(27-34)45-49-43(29-13-3-1-4-14-29)48-44(50-45)30-15-5-2-6-16-30)31-23-24-42-38(28-31)37-19-9-12-22-41(37)46(42)39-20-10-7-17-35(39)36-18-8-11-21-40(36)46/h1-28H. The lowest BCUT2D eigenvalue weighted by Crippen LogP contribution is -2.25. The summed E-state index contributed by atoms with van der Waals surface area (Å²) in [6, 6.07) is 59.7. The van der Waals surface area contributed by atoms with Crippen LogP contribution in [0.3, 0.4) is 0 Å². The number of benzene rings is 7. The quantitative estimate of drug-likeness (QED) is 0.189. The van der Waals surface area contributed by atoms with Crippen LogP contribution in [0.5, 0.6) is 0 Å². The van der Waals surface area contributed by atoms with Crippen LogP contribution in [0.1, 0.15) is 22.3 Å². The second kappa shape index (κ2) is 11.2. The maximum atomic E-state index is 6.90. The van der Waals surface area contributed by atoms with Crippen LogP contribution in [0.2, 0.25) is 5.02 Å². The van der Waals surface area contributed by atoms with Crippen LogP contribution in [0, 0.1) is 0 Å².